The van der Waals surface area contributed by atoms with Crippen LogP contribution in [0.1, 0.15) is 6.42 Å². The average Bonchev–Trinajstić information content (AvgIpc) is 3.04. The molecule has 0 spiro atoms. The van der Waals surface area contributed by atoms with E-state index in [1.165, 1.54) is 9.99 Å². The van der Waals surface area contributed by atoms with E-state index in [9.17, 15) is 8.42 Å². The van der Waals surface area contributed by atoms with Crippen LogP contribution in [-0.2, 0) is 14.9 Å². The van der Waals surface area contributed by atoms with Gasteiger partial charge in [-0.15, -0.1) is 0 Å². The first-order chi connectivity index (χ1) is 10.6. The molecule has 1 N–H and O–H groups in total. The summed E-state index contributed by atoms with van der Waals surface area (Å²) in [6, 6.07) is 10.3. The molecule has 2 saturated heterocycles. The molecule has 3 rings (SSSR count). The third kappa shape index (κ3) is 3.78. The number of morpholine rings is 1. The number of hydrogen-bond acceptors (Lipinski definition) is 4. The van der Waals surface area contributed by atoms with Gasteiger partial charge in [0.05, 0.1) is 13.2 Å². The van der Waals surface area contributed by atoms with Gasteiger partial charge in [0.15, 0.2) is 0 Å². The standard InChI is InChI=1S/C15H23N3O3S/c19-22(20,18-8-10-21-11-9-18)16-12-14-6-7-17(13-14)15-4-2-1-3-5-15/h1-5,14,16H,6-13H2/t14-/m1/s1. The van der Waals surface area contributed by atoms with Crippen LogP contribution in [0.5, 0.6) is 0 Å². The van der Waals surface area contributed by atoms with Crippen molar-refractivity contribution in [3.8, 4) is 0 Å². The fraction of sp³-hybridized carbons (Fsp3) is 0.600. The van der Waals surface area contributed by atoms with Crippen molar-refractivity contribution in [1.82, 2.24) is 9.03 Å². The van der Waals surface area contributed by atoms with Crippen LogP contribution >= 0.6 is 0 Å². The number of nitrogens with zero attached hydrogens (tertiary/aromatic N) is 2. The normalized spacial score (nSPS) is 23.8. The second-order valence-electron chi connectivity index (χ2n) is 5.80. The molecule has 0 aliphatic carbocycles. The Kier molecular flexibility index (Phi) is 4.97. The van der Waals surface area contributed by atoms with Crippen molar-refractivity contribution >= 4 is 15.9 Å². The molecule has 22 heavy (non-hydrogen) atoms. The van der Waals surface area contributed by atoms with E-state index >= 15 is 0 Å². The highest BCUT2D eigenvalue weighted by Crippen LogP contribution is 2.23. The number of rotatable bonds is 5. The first kappa shape index (κ1) is 15.7. The molecule has 0 aromatic heterocycles. The molecule has 6 nitrogen and oxygen atoms in total. The molecule has 0 bridgehead atoms. The quantitative estimate of drug-likeness (QED) is 0.865. The summed E-state index contributed by atoms with van der Waals surface area (Å²) in [6.07, 6.45) is 1.01. The van der Waals surface area contributed by atoms with Crippen LogP contribution in [0, 0.1) is 5.92 Å². The monoisotopic (exact) mass is 325 g/mol. The average molecular weight is 325 g/mol. The molecule has 1 aromatic rings. The molecule has 0 unspecified atom stereocenters. The maximum Gasteiger partial charge on any atom is 0.279 e. The molecule has 1 aromatic carbocycles. The van der Waals surface area contributed by atoms with Gasteiger partial charge in [0, 0.05) is 38.4 Å². The first-order valence-corrected chi connectivity index (χ1v) is 9.21. The number of nitrogens with one attached hydrogen (secondary N) is 1. The Labute approximate surface area is 132 Å². The van der Waals surface area contributed by atoms with Crippen molar-refractivity contribution in [2.45, 2.75) is 6.42 Å². The largest absolute Gasteiger partial charge is 0.379 e. The Hall–Kier alpha value is -1.15. The lowest BCUT2D eigenvalue weighted by Crippen LogP contribution is -2.47. The highest BCUT2D eigenvalue weighted by Gasteiger charge is 2.27. The van der Waals surface area contributed by atoms with E-state index in [1.807, 2.05) is 18.2 Å². The van der Waals surface area contributed by atoms with Crippen LogP contribution in [0.25, 0.3) is 0 Å². The molecule has 2 heterocycles. The molecule has 1 atom stereocenters. The fourth-order valence-corrected chi connectivity index (χ4v) is 4.23. The van der Waals surface area contributed by atoms with Crippen LogP contribution in [-0.4, -0.2) is 58.7 Å². The van der Waals surface area contributed by atoms with Gasteiger partial charge in [0.25, 0.3) is 10.2 Å². The van der Waals surface area contributed by atoms with Gasteiger partial charge in [-0.3, -0.25) is 0 Å². The molecular weight excluding hydrogens is 302 g/mol. The summed E-state index contributed by atoms with van der Waals surface area (Å²) in [6.45, 7) is 4.22. The number of hydrogen-bond donors (Lipinski definition) is 1. The third-order valence-corrected chi connectivity index (χ3v) is 5.85. The van der Waals surface area contributed by atoms with Gasteiger partial charge in [-0.05, 0) is 24.5 Å². The van der Waals surface area contributed by atoms with Crippen molar-refractivity contribution in [2.75, 3.05) is 50.8 Å². The van der Waals surface area contributed by atoms with Gasteiger partial charge in [0.2, 0.25) is 0 Å². The van der Waals surface area contributed by atoms with Crippen molar-refractivity contribution in [3.63, 3.8) is 0 Å². The lowest BCUT2D eigenvalue weighted by Gasteiger charge is -2.26. The molecule has 2 fully saturated rings. The van der Waals surface area contributed by atoms with Crippen molar-refractivity contribution < 1.29 is 13.2 Å². The van der Waals surface area contributed by atoms with E-state index in [1.54, 1.807) is 0 Å². The van der Waals surface area contributed by atoms with Gasteiger partial charge in [-0.1, -0.05) is 18.2 Å². The van der Waals surface area contributed by atoms with Crippen molar-refractivity contribution in [1.29, 1.82) is 0 Å². The van der Waals surface area contributed by atoms with Crippen LogP contribution in [0.2, 0.25) is 0 Å². The van der Waals surface area contributed by atoms with Crippen LogP contribution in [0.4, 0.5) is 5.69 Å². The van der Waals surface area contributed by atoms with Crippen molar-refractivity contribution in [2.24, 2.45) is 5.92 Å². The summed E-state index contributed by atoms with van der Waals surface area (Å²) < 4.78 is 33.9. The Balaban J connectivity index is 1.50. The highest BCUT2D eigenvalue weighted by molar-refractivity contribution is 7.87. The summed E-state index contributed by atoms with van der Waals surface area (Å²) in [5.74, 6) is 0.357. The van der Waals surface area contributed by atoms with Gasteiger partial charge in [-0.25, -0.2) is 4.72 Å². The lowest BCUT2D eigenvalue weighted by atomic mass is 10.1. The molecule has 0 saturated carbocycles. The highest BCUT2D eigenvalue weighted by atomic mass is 32.2. The second-order valence-corrected chi connectivity index (χ2v) is 7.56. The van der Waals surface area contributed by atoms with E-state index in [0.29, 0.717) is 38.8 Å². The zero-order valence-corrected chi connectivity index (χ0v) is 13.5. The zero-order valence-electron chi connectivity index (χ0n) is 12.6. The Morgan fingerprint density at radius 1 is 1.14 bits per heavy atom. The van der Waals surface area contributed by atoms with Crippen molar-refractivity contribution in [3.05, 3.63) is 30.3 Å². The van der Waals surface area contributed by atoms with E-state index in [2.05, 4.69) is 21.8 Å². The summed E-state index contributed by atoms with van der Waals surface area (Å²) in [5, 5.41) is 0. The summed E-state index contributed by atoms with van der Waals surface area (Å²) >= 11 is 0. The fourth-order valence-electron chi connectivity index (χ4n) is 2.97. The Morgan fingerprint density at radius 3 is 2.59 bits per heavy atom. The number of anilines is 1. The molecule has 2 aliphatic heterocycles. The molecule has 7 heteroatoms. The number of ether oxygens (including phenoxy) is 1. The van der Waals surface area contributed by atoms with Gasteiger partial charge >= 0.3 is 0 Å². The minimum atomic E-state index is -3.37. The summed E-state index contributed by atoms with van der Waals surface area (Å²) in [4.78, 5) is 2.31. The third-order valence-electron chi connectivity index (χ3n) is 4.27. The van der Waals surface area contributed by atoms with Crippen LogP contribution in [0.15, 0.2) is 30.3 Å². The topological polar surface area (TPSA) is 61.9 Å². The molecule has 0 amide bonds. The van der Waals surface area contributed by atoms with Crippen LogP contribution in [0.3, 0.4) is 0 Å². The van der Waals surface area contributed by atoms with E-state index < -0.39 is 10.2 Å². The number of benzene rings is 1. The van der Waals surface area contributed by atoms with Gasteiger partial charge in [-0.2, -0.15) is 12.7 Å². The first-order valence-electron chi connectivity index (χ1n) is 7.77. The van der Waals surface area contributed by atoms with E-state index in [0.717, 1.165) is 19.5 Å². The summed E-state index contributed by atoms with van der Waals surface area (Å²) in [5.41, 5.74) is 1.21. The van der Waals surface area contributed by atoms with Crippen LogP contribution < -0.4 is 9.62 Å². The van der Waals surface area contributed by atoms with E-state index in [4.69, 9.17) is 4.74 Å². The minimum Gasteiger partial charge on any atom is -0.379 e. The predicted octanol–water partition coefficient (Wildman–Crippen LogP) is 0.679. The smallest absolute Gasteiger partial charge is 0.279 e. The second kappa shape index (κ2) is 6.95. The SMILES string of the molecule is O=S(=O)(NC[C@H]1CCN(c2ccccc2)C1)N1CCOCC1. The van der Waals surface area contributed by atoms with Gasteiger partial charge < -0.3 is 9.64 Å². The summed E-state index contributed by atoms with van der Waals surface area (Å²) in [7, 11) is -3.37. The molecular formula is C15H23N3O3S. The zero-order chi connectivity index (χ0) is 15.4. The molecule has 2 aliphatic rings. The minimum absolute atomic E-state index is 0.357. The predicted molar refractivity (Wildman–Crippen MR) is 86.1 cm³/mol. The molecule has 122 valence electrons. The number of para-hydroxylation sites is 1. The maximum atomic E-state index is 12.2. The Morgan fingerprint density at radius 2 is 1.86 bits per heavy atom. The van der Waals surface area contributed by atoms with E-state index in [-0.39, 0.29) is 0 Å². The maximum absolute atomic E-state index is 12.2. The molecule has 0 radical (unpaired) electrons. The Bertz CT molecular complexity index is 573. The lowest BCUT2D eigenvalue weighted by molar-refractivity contribution is 0.0724. The van der Waals surface area contributed by atoms with Gasteiger partial charge in [0.1, 0.15) is 0 Å².